The molecule has 3 amide bonds. The van der Waals surface area contributed by atoms with Gasteiger partial charge in [0.05, 0.1) is 19.6 Å². The van der Waals surface area contributed by atoms with E-state index >= 15 is 0 Å². The highest BCUT2D eigenvalue weighted by Crippen LogP contribution is 2.22. The first-order valence-electron chi connectivity index (χ1n) is 11.5. The lowest BCUT2D eigenvalue weighted by atomic mass is 9.99. The number of carbonyl (C=O) groups is 3. The van der Waals surface area contributed by atoms with Crippen molar-refractivity contribution in [1.29, 1.82) is 0 Å². The summed E-state index contributed by atoms with van der Waals surface area (Å²) in [5.74, 6) is -1.19. The van der Waals surface area contributed by atoms with E-state index in [0.717, 1.165) is 4.90 Å². The first-order valence-corrected chi connectivity index (χ1v) is 11.5. The van der Waals surface area contributed by atoms with Crippen LogP contribution in [0.25, 0.3) is 0 Å². The molecule has 0 saturated carbocycles. The van der Waals surface area contributed by atoms with Crippen LogP contribution in [0.5, 0.6) is 0 Å². The van der Waals surface area contributed by atoms with Crippen molar-refractivity contribution in [3.05, 3.63) is 29.8 Å². The first kappa shape index (κ1) is 29.4. The van der Waals surface area contributed by atoms with Gasteiger partial charge >= 0.3 is 6.09 Å². The largest absolute Gasteiger partial charge is 0.445 e. The van der Waals surface area contributed by atoms with Crippen LogP contribution in [-0.4, -0.2) is 100 Å². The van der Waals surface area contributed by atoms with Gasteiger partial charge in [-0.2, -0.15) is 0 Å². The predicted octanol–water partition coefficient (Wildman–Crippen LogP) is -1.09. The Balaban J connectivity index is 1.78. The molecule has 0 bridgehead atoms. The van der Waals surface area contributed by atoms with E-state index in [9.17, 15) is 34.8 Å². The van der Waals surface area contributed by atoms with Crippen molar-refractivity contribution in [3.63, 3.8) is 0 Å². The van der Waals surface area contributed by atoms with Gasteiger partial charge in [-0.05, 0) is 23.6 Å². The summed E-state index contributed by atoms with van der Waals surface area (Å²) in [6.45, 7) is 2.76. The molecule has 202 valence electrons. The number of hydrogen-bond donors (Lipinski definition) is 6. The summed E-state index contributed by atoms with van der Waals surface area (Å²) in [7, 11) is 1.44. The highest BCUT2D eigenvalue weighted by molar-refractivity contribution is 5.90. The van der Waals surface area contributed by atoms with Crippen LogP contribution in [0, 0.1) is 5.92 Å². The van der Waals surface area contributed by atoms with E-state index in [4.69, 9.17) is 19.9 Å². The number of aliphatic hydroxyl groups excluding tert-OH is 4. The van der Waals surface area contributed by atoms with Gasteiger partial charge in [0.25, 0.3) is 0 Å². The van der Waals surface area contributed by atoms with Gasteiger partial charge in [0, 0.05) is 12.7 Å². The topological polar surface area (TPSA) is 201 Å². The Morgan fingerprint density at radius 3 is 2.31 bits per heavy atom. The minimum absolute atomic E-state index is 0.0477. The molecule has 0 radical (unpaired) electrons. The van der Waals surface area contributed by atoms with E-state index in [2.05, 4.69) is 5.32 Å². The summed E-state index contributed by atoms with van der Waals surface area (Å²) < 4.78 is 15.7. The minimum Gasteiger partial charge on any atom is -0.445 e. The maximum atomic E-state index is 12.2. The number of anilines is 1. The van der Waals surface area contributed by atoms with Crippen LogP contribution in [0.1, 0.15) is 25.8 Å². The molecule has 0 spiro atoms. The van der Waals surface area contributed by atoms with E-state index < -0.39 is 61.3 Å². The quantitative estimate of drug-likeness (QED) is 0.211. The number of aliphatic hydroxyl groups is 4. The molecular formula is C23H35N3O10. The van der Waals surface area contributed by atoms with E-state index in [-0.39, 0.29) is 25.6 Å². The number of nitrogens with two attached hydrogens (primary N) is 1. The van der Waals surface area contributed by atoms with Crippen LogP contribution in [0.2, 0.25) is 0 Å². The number of ether oxygens (including phenoxy) is 3. The van der Waals surface area contributed by atoms with Gasteiger partial charge < -0.3 is 45.7 Å². The lowest BCUT2D eigenvalue weighted by molar-refractivity contribution is -0.300. The standard InChI is InChI=1S/C23H35N3O10/c1-12(2)17(21(24)32)26(3)23(33)35-11-13-4-6-14(7-5-13)25-16(28)8-9-34-22-20(31)19(30)18(29)15(10-27)36-22/h4-7,12,15,17-20,22,27,29-31H,8-11H2,1-3H3,(H2,24,32)(H,25,28)/t15-,17+,18-,19+,20-,22-/m1/s1. The van der Waals surface area contributed by atoms with Crippen LogP contribution < -0.4 is 11.1 Å². The highest BCUT2D eigenvalue weighted by atomic mass is 16.7. The zero-order chi connectivity index (χ0) is 27.0. The molecule has 0 aliphatic carbocycles. The number of rotatable bonds is 11. The van der Waals surface area contributed by atoms with E-state index in [1.54, 1.807) is 38.1 Å². The molecule has 13 heteroatoms. The average molecular weight is 514 g/mol. The smallest absolute Gasteiger partial charge is 0.410 e. The Hall–Kier alpha value is -2.81. The first-order chi connectivity index (χ1) is 17.0. The van der Waals surface area contributed by atoms with Gasteiger partial charge in [0.1, 0.15) is 37.1 Å². The monoisotopic (exact) mass is 513 g/mol. The number of benzene rings is 1. The van der Waals surface area contributed by atoms with Crippen molar-refractivity contribution in [1.82, 2.24) is 4.90 Å². The summed E-state index contributed by atoms with van der Waals surface area (Å²) in [6.07, 6.45) is -7.80. The van der Waals surface area contributed by atoms with Crippen LogP contribution in [0.15, 0.2) is 24.3 Å². The molecule has 1 aliphatic heterocycles. The third-order valence-electron chi connectivity index (χ3n) is 5.69. The second-order valence-corrected chi connectivity index (χ2v) is 8.82. The second kappa shape index (κ2) is 13.5. The summed E-state index contributed by atoms with van der Waals surface area (Å²) in [6, 6.07) is 5.75. The Morgan fingerprint density at radius 2 is 1.75 bits per heavy atom. The lowest BCUT2D eigenvalue weighted by Gasteiger charge is -2.39. The molecule has 1 aliphatic rings. The van der Waals surface area contributed by atoms with Crippen LogP contribution in [-0.2, 0) is 30.4 Å². The average Bonchev–Trinajstić information content (AvgIpc) is 2.82. The fourth-order valence-corrected chi connectivity index (χ4v) is 3.71. The van der Waals surface area contributed by atoms with E-state index in [1.165, 1.54) is 7.05 Å². The molecule has 6 atom stereocenters. The van der Waals surface area contributed by atoms with E-state index in [1.807, 2.05) is 0 Å². The van der Waals surface area contributed by atoms with Crippen molar-refractivity contribution in [2.45, 2.75) is 63.6 Å². The second-order valence-electron chi connectivity index (χ2n) is 8.82. The van der Waals surface area contributed by atoms with Crippen molar-refractivity contribution in [2.24, 2.45) is 11.7 Å². The Kier molecular flexibility index (Phi) is 11.0. The van der Waals surface area contributed by atoms with Crippen LogP contribution in [0.3, 0.4) is 0 Å². The number of likely N-dealkylation sites (N-methyl/N-ethyl adjacent to an activating group) is 1. The number of amides is 3. The molecule has 13 nitrogen and oxygen atoms in total. The molecule has 1 fully saturated rings. The molecule has 7 N–H and O–H groups in total. The number of hydrogen-bond acceptors (Lipinski definition) is 10. The molecule has 1 aromatic carbocycles. The van der Waals surface area contributed by atoms with Crippen molar-refractivity contribution < 1.29 is 49.0 Å². The van der Waals surface area contributed by atoms with Crippen molar-refractivity contribution in [3.8, 4) is 0 Å². The molecule has 1 saturated heterocycles. The summed E-state index contributed by atoms with van der Waals surface area (Å²) in [5.41, 5.74) is 6.49. The third-order valence-corrected chi connectivity index (χ3v) is 5.69. The van der Waals surface area contributed by atoms with Gasteiger partial charge in [-0.1, -0.05) is 26.0 Å². The number of carbonyl (C=O) groups excluding carboxylic acids is 3. The maximum absolute atomic E-state index is 12.2. The Morgan fingerprint density at radius 1 is 1.11 bits per heavy atom. The number of primary amides is 1. The molecule has 2 rings (SSSR count). The molecular weight excluding hydrogens is 478 g/mol. The van der Waals surface area contributed by atoms with E-state index in [0.29, 0.717) is 11.3 Å². The van der Waals surface area contributed by atoms with Gasteiger partial charge in [-0.15, -0.1) is 0 Å². The zero-order valence-electron chi connectivity index (χ0n) is 20.4. The Bertz CT molecular complexity index is 879. The predicted molar refractivity (Wildman–Crippen MR) is 125 cm³/mol. The van der Waals surface area contributed by atoms with Gasteiger partial charge in [-0.3, -0.25) is 14.5 Å². The summed E-state index contributed by atoms with van der Waals surface area (Å²) in [4.78, 5) is 37.2. The number of nitrogens with zero attached hydrogens (tertiary/aromatic N) is 1. The minimum atomic E-state index is -1.56. The molecule has 1 aromatic rings. The van der Waals surface area contributed by atoms with Gasteiger partial charge in [0.2, 0.25) is 11.8 Å². The van der Waals surface area contributed by atoms with Crippen molar-refractivity contribution in [2.75, 3.05) is 25.6 Å². The third kappa shape index (κ3) is 7.85. The maximum Gasteiger partial charge on any atom is 0.410 e. The molecule has 36 heavy (non-hydrogen) atoms. The lowest BCUT2D eigenvalue weighted by Crippen LogP contribution is -2.59. The summed E-state index contributed by atoms with van der Waals surface area (Å²) in [5, 5.41) is 41.3. The highest BCUT2D eigenvalue weighted by Gasteiger charge is 2.44. The normalized spacial score (nSPS) is 24.7. The zero-order valence-corrected chi connectivity index (χ0v) is 20.4. The summed E-state index contributed by atoms with van der Waals surface area (Å²) >= 11 is 0. The van der Waals surface area contributed by atoms with Crippen molar-refractivity contribution >= 4 is 23.6 Å². The number of nitrogens with one attached hydrogen (secondary N) is 1. The van der Waals surface area contributed by atoms with Gasteiger partial charge in [0.15, 0.2) is 6.29 Å². The van der Waals surface area contributed by atoms with Crippen LogP contribution >= 0.6 is 0 Å². The van der Waals surface area contributed by atoms with Gasteiger partial charge in [-0.25, -0.2) is 4.79 Å². The molecule has 0 aromatic heterocycles. The fourth-order valence-electron chi connectivity index (χ4n) is 3.71. The molecule has 1 heterocycles. The SMILES string of the molecule is CC(C)[C@@H](C(N)=O)N(C)C(=O)OCc1ccc(NC(=O)CCO[C@@H]2O[C@H](CO)[C@@H](O)[C@H](O)[C@H]2O)cc1. The Labute approximate surface area is 208 Å². The fraction of sp³-hybridized carbons (Fsp3) is 0.609. The van der Waals surface area contributed by atoms with Crippen LogP contribution in [0.4, 0.5) is 10.5 Å². The molecule has 0 unspecified atom stereocenters.